The van der Waals surface area contributed by atoms with Crippen molar-refractivity contribution < 1.29 is 9.18 Å². The van der Waals surface area contributed by atoms with Crippen molar-refractivity contribution in [1.82, 2.24) is 0 Å². The van der Waals surface area contributed by atoms with E-state index in [1.165, 1.54) is 0 Å². The average molecular weight is 269 g/mol. The van der Waals surface area contributed by atoms with Gasteiger partial charge in [-0.25, -0.2) is 4.39 Å². The van der Waals surface area contributed by atoms with E-state index in [2.05, 4.69) is 15.9 Å². The number of benzene rings is 1. The van der Waals surface area contributed by atoms with Crippen molar-refractivity contribution in [3.05, 3.63) is 40.1 Å². The van der Waals surface area contributed by atoms with Crippen LogP contribution in [-0.4, -0.2) is 5.78 Å². The van der Waals surface area contributed by atoms with Crippen LogP contribution in [0.15, 0.2) is 28.7 Å². The summed E-state index contributed by atoms with van der Waals surface area (Å²) < 4.78 is 14.1. The Morgan fingerprint density at radius 1 is 1.33 bits per heavy atom. The molecule has 0 saturated heterocycles. The molecule has 0 spiro atoms. The van der Waals surface area contributed by atoms with E-state index in [0.717, 1.165) is 12.8 Å². The maximum atomic E-state index is 13.7. The normalized spacial score (nSPS) is 16.4. The molecule has 2 rings (SSSR count). The Kier molecular flexibility index (Phi) is 3.00. The lowest BCUT2D eigenvalue weighted by Crippen LogP contribution is -2.07. The number of Topliss-reactive ketones (excluding diaryl/α,β-unsaturated/α-hetero) is 1. The fraction of sp³-hybridized carbons (Fsp3) is 0.250. The standard InChI is InChI=1S/C12H10BrFO/c13-10-6-3-5-9(12(10)14)8-4-1-2-7-11(8)15/h3-6H,1-2,7H2. The topological polar surface area (TPSA) is 17.1 Å². The van der Waals surface area contributed by atoms with Crippen LogP contribution in [0.2, 0.25) is 0 Å². The van der Waals surface area contributed by atoms with E-state index in [1.807, 2.05) is 6.08 Å². The van der Waals surface area contributed by atoms with Crippen molar-refractivity contribution in [1.29, 1.82) is 0 Å². The van der Waals surface area contributed by atoms with Gasteiger partial charge in [0.1, 0.15) is 5.82 Å². The lowest BCUT2D eigenvalue weighted by molar-refractivity contribution is -0.114. The third-order valence-electron chi connectivity index (χ3n) is 2.50. The summed E-state index contributed by atoms with van der Waals surface area (Å²) in [4.78, 5) is 11.6. The van der Waals surface area contributed by atoms with Crippen molar-refractivity contribution in [3.63, 3.8) is 0 Å². The number of hydrogen-bond acceptors (Lipinski definition) is 1. The molecule has 0 aliphatic heterocycles. The number of ketones is 1. The molecular formula is C12H10BrFO. The van der Waals surface area contributed by atoms with Gasteiger partial charge in [-0.2, -0.15) is 0 Å². The van der Waals surface area contributed by atoms with E-state index in [4.69, 9.17) is 0 Å². The lowest BCUT2D eigenvalue weighted by atomic mass is 9.92. The van der Waals surface area contributed by atoms with E-state index in [1.54, 1.807) is 18.2 Å². The highest BCUT2D eigenvalue weighted by Crippen LogP contribution is 2.28. The molecule has 0 N–H and O–H groups in total. The molecule has 1 aromatic rings. The van der Waals surface area contributed by atoms with Crippen LogP contribution in [0.25, 0.3) is 5.57 Å². The molecule has 0 unspecified atom stereocenters. The van der Waals surface area contributed by atoms with E-state index in [0.29, 0.717) is 22.0 Å². The van der Waals surface area contributed by atoms with E-state index in [-0.39, 0.29) is 11.6 Å². The lowest BCUT2D eigenvalue weighted by Gasteiger charge is -2.12. The second-order valence-electron chi connectivity index (χ2n) is 3.53. The zero-order valence-electron chi connectivity index (χ0n) is 8.09. The fourth-order valence-electron chi connectivity index (χ4n) is 1.73. The second-order valence-corrected chi connectivity index (χ2v) is 4.39. The highest BCUT2D eigenvalue weighted by atomic mass is 79.9. The molecule has 0 fully saturated rings. The summed E-state index contributed by atoms with van der Waals surface area (Å²) in [6.45, 7) is 0. The predicted molar refractivity (Wildman–Crippen MR) is 60.9 cm³/mol. The summed E-state index contributed by atoms with van der Waals surface area (Å²) >= 11 is 3.12. The van der Waals surface area contributed by atoms with Crippen molar-refractivity contribution in [3.8, 4) is 0 Å². The molecule has 0 bridgehead atoms. The maximum Gasteiger partial charge on any atom is 0.163 e. The molecule has 1 aliphatic carbocycles. The quantitative estimate of drug-likeness (QED) is 0.759. The molecular weight excluding hydrogens is 259 g/mol. The Balaban J connectivity index is 2.49. The van der Waals surface area contributed by atoms with Crippen LogP contribution in [0, 0.1) is 5.82 Å². The van der Waals surface area contributed by atoms with Gasteiger partial charge in [-0.3, -0.25) is 4.79 Å². The van der Waals surface area contributed by atoms with Crippen molar-refractivity contribution in [2.24, 2.45) is 0 Å². The zero-order chi connectivity index (χ0) is 10.8. The molecule has 0 radical (unpaired) electrons. The van der Waals surface area contributed by atoms with Gasteiger partial charge in [-0.1, -0.05) is 18.2 Å². The highest BCUT2D eigenvalue weighted by Gasteiger charge is 2.19. The van der Waals surface area contributed by atoms with Gasteiger partial charge in [0.05, 0.1) is 4.47 Å². The second kappa shape index (κ2) is 4.27. The predicted octanol–water partition coefficient (Wildman–Crippen LogP) is 3.72. The van der Waals surface area contributed by atoms with Crippen LogP contribution < -0.4 is 0 Å². The molecule has 0 heterocycles. The van der Waals surface area contributed by atoms with Crippen LogP contribution in [-0.2, 0) is 4.79 Å². The highest BCUT2D eigenvalue weighted by molar-refractivity contribution is 9.10. The van der Waals surface area contributed by atoms with E-state index < -0.39 is 0 Å². The van der Waals surface area contributed by atoms with Gasteiger partial charge in [0.2, 0.25) is 0 Å². The first-order valence-corrected chi connectivity index (χ1v) is 5.67. The first-order chi connectivity index (χ1) is 7.20. The largest absolute Gasteiger partial charge is 0.294 e. The molecule has 78 valence electrons. The Morgan fingerprint density at radius 3 is 2.87 bits per heavy atom. The number of carbonyl (C=O) groups is 1. The fourth-order valence-corrected chi connectivity index (χ4v) is 2.10. The first-order valence-electron chi connectivity index (χ1n) is 4.88. The Hall–Kier alpha value is -0.960. The molecule has 0 atom stereocenters. The molecule has 1 aliphatic rings. The third kappa shape index (κ3) is 2.02. The Labute approximate surface area is 96.1 Å². The number of rotatable bonds is 1. The molecule has 0 amide bonds. The molecule has 1 nitrogen and oxygen atoms in total. The van der Waals surface area contributed by atoms with Crippen LogP contribution in [0.4, 0.5) is 4.39 Å². The number of allylic oxidation sites excluding steroid dienone is 2. The molecule has 3 heteroatoms. The van der Waals surface area contributed by atoms with Crippen LogP contribution in [0.1, 0.15) is 24.8 Å². The number of halogens is 2. The number of carbonyl (C=O) groups excluding carboxylic acids is 1. The molecule has 1 aromatic carbocycles. The summed E-state index contributed by atoms with van der Waals surface area (Å²) in [5.74, 6) is -0.308. The van der Waals surface area contributed by atoms with Crippen LogP contribution in [0.3, 0.4) is 0 Å². The van der Waals surface area contributed by atoms with Gasteiger partial charge < -0.3 is 0 Å². The minimum Gasteiger partial charge on any atom is -0.294 e. The van der Waals surface area contributed by atoms with Gasteiger partial charge in [-0.15, -0.1) is 0 Å². The summed E-state index contributed by atoms with van der Waals surface area (Å²) in [6, 6.07) is 5.02. The summed E-state index contributed by atoms with van der Waals surface area (Å²) in [5.41, 5.74) is 0.939. The van der Waals surface area contributed by atoms with Crippen molar-refractivity contribution in [2.45, 2.75) is 19.3 Å². The molecule has 0 saturated carbocycles. The average Bonchev–Trinajstić information content (AvgIpc) is 2.23. The van der Waals surface area contributed by atoms with Crippen molar-refractivity contribution in [2.75, 3.05) is 0 Å². The SMILES string of the molecule is O=C1CCCC=C1c1cccc(Br)c1F. The molecule has 15 heavy (non-hydrogen) atoms. The Bertz CT molecular complexity index is 437. The monoisotopic (exact) mass is 268 g/mol. The van der Waals surface area contributed by atoms with Crippen molar-refractivity contribution >= 4 is 27.3 Å². The summed E-state index contributed by atoms with van der Waals surface area (Å²) in [5, 5.41) is 0. The zero-order valence-corrected chi connectivity index (χ0v) is 9.68. The minimum atomic E-state index is -0.348. The van der Waals surface area contributed by atoms with Crippen LogP contribution >= 0.6 is 15.9 Å². The number of hydrogen-bond donors (Lipinski definition) is 0. The first kappa shape index (κ1) is 10.6. The molecule has 0 aromatic heterocycles. The summed E-state index contributed by atoms with van der Waals surface area (Å²) in [6.07, 6.45) is 4.08. The van der Waals surface area contributed by atoms with E-state index >= 15 is 0 Å². The van der Waals surface area contributed by atoms with Gasteiger partial charge >= 0.3 is 0 Å². The van der Waals surface area contributed by atoms with E-state index in [9.17, 15) is 9.18 Å². The third-order valence-corrected chi connectivity index (χ3v) is 3.11. The van der Waals surface area contributed by atoms with Gasteiger partial charge in [0.15, 0.2) is 5.78 Å². The smallest absolute Gasteiger partial charge is 0.163 e. The maximum absolute atomic E-state index is 13.7. The minimum absolute atomic E-state index is 0.0400. The van der Waals surface area contributed by atoms with Gasteiger partial charge in [0, 0.05) is 17.6 Å². The van der Waals surface area contributed by atoms with Gasteiger partial charge in [-0.05, 0) is 34.8 Å². The van der Waals surface area contributed by atoms with Crippen LogP contribution in [0.5, 0.6) is 0 Å². The summed E-state index contributed by atoms with van der Waals surface area (Å²) in [7, 11) is 0. The van der Waals surface area contributed by atoms with Gasteiger partial charge in [0.25, 0.3) is 0 Å². The Morgan fingerprint density at radius 2 is 2.13 bits per heavy atom.